The van der Waals surface area contributed by atoms with Crippen molar-refractivity contribution in [1.29, 1.82) is 0 Å². The molecule has 0 atom stereocenters. The summed E-state index contributed by atoms with van der Waals surface area (Å²) in [5, 5.41) is 24.8. The fourth-order valence-electron chi connectivity index (χ4n) is 1.93. The van der Waals surface area contributed by atoms with E-state index in [1.54, 1.807) is 6.07 Å². The van der Waals surface area contributed by atoms with Gasteiger partial charge in [-0.3, -0.25) is 20.2 Å². The Hall–Kier alpha value is -2.31. The van der Waals surface area contributed by atoms with Crippen LogP contribution in [0.25, 0.3) is 0 Å². The van der Waals surface area contributed by atoms with E-state index in [1.807, 2.05) is 22.6 Å². The number of thiocarbonyl (C=S) groups is 1. The van der Waals surface area contributed by atoms with Crippen LogP contribution < -0.4 is 10.6 Å². The van der Waals surface area contributed by atoms with Gasteiger partial charge in [0.15, 0.2) is 5.11 Å². The van der Waals surface area contributed by atoms with E-state index in [2.05, 4.69) is 10.6 Å². The number of anilines is 1. The Morgan fingerprint density at radius 3 is 2.50 bits per heavy atom. The van der Waals surface area contributed by atoms with Crippen molar-refractivity contribution in [3.05, 3.63) is 66.2 Å². The lowest BCUT2D eigenvalue weighted by Crippen LogP contribution is -2.34. The monoisotopic (exact) mass is 505 g/mol. The van der Waals surface area contributed by atoms with Gasteiger partial charge in [0.1, 0.15) is 0 Å². The number of aromatic carboxylic acids is 1. The lowest BCUT2D eigenvalue weighted by atomic mass is 10.2. The summed E-state index contributed by atoms with van der Waals surface area (Å²) in [5.41, 5.74) is -0.273. The van der Waals surface area contributed by atoms with Crippen molar-refractivity contribution in [1.82, 2.24) is 5.32 Å². The number of carbonyl (C=O) groups excluding carboxylic acids is 1. The van der Waals surface area contributed by atoms with Gasteiger partial charge < -0.3 is 10.4 Å². The number of rotatable bonds is 4. The highest BCUT2D eigenvalue weighted by Gasteiger charge is 2.18. The quantitative estimate of drug-likeness (QED) is 0.251. The highest BCUT2D eigenvalue weighted by atomic mass is 127. The summed E-state index contributed by atoms with van der Waals surface area (Å²) in [6.07, 6.45) is 0. The molecule has 2 rings (SSSR count). The second kappa shape index (κ2) is 8.38. The van der Waals surface area contributed by atoms with Crippen LogP contribution >= 0.6 is 46.4 Å². The number of nitrogens with one attached hydrogen (secondary N) is 2. The number of nitro benzene ring substituents is 1. The predicted molar refractivity (Wildman–Crippen MR) is 108 cm³/mol. The molecule has 0 unspecified atom stereocenters. The number of non-ortho nitro benzene ring substituents is 1. The SMILES string of the molecule is O=C(NC(=S)Nc1ccc(I)cc1C(=O)O)c1cc([N+](=O)[O-])ccc1Cl. The lowest BCUT2D eigenvalue weighted by Gasteiger charge is -2.12. The molecule has 2 aromatic rings. The molecule has 8 nitrogen and oxygen atoms in total. The molecule has 0 fully saturated rings. The topological polar surface area (TPSA) is 122 Å². The van der Waals surface area contributed by atoms with Crippen molar-refractivity contribution in [2.24, 2.45) is 0 Å². The Morgan fingerprint density at radius 2 is 1.88 bits per heavy atom. The van der Waals surface area contributed by atoms with E-state index >= 15 is 0 Å². The Morgan fingerprint density at radius 1 is 1.19 bits per heavy atom. The van der Waals surface area contributed by atoms with Gasteiger partial charge in [0.25, 0.3) is 11.6 Å². The minimum Gasteiger partial charge on any atom is -0.478 e. The van der Waals surface area contributed by atoms with Gasteiger partial charge in [0, 0.05) is 15.7 Å². The van der Waals surface area contributed by atoms with Crippen LogP contribution in [0, 0.1) is 13.7 Å². The number of halogens is 2. The number of carboxylic acids is 1. The van der Waals surface area contributed by atoms with E-state index in [0.717, 1.165) is 6.07 Å². The smallest absolute Gasteiger partial charge is 0.337 e. The second-order valence-corrected chi connectivity index (χ2v) is 6.89. The molecule has 0 aliphatic carbocycles. The number of hydrogen-bond acceptors (Lipinski definition) is 5. The molecule has 0 aromatic heterocycles. The lowest BCUT2D eigenvalue weighted by molar-refractivity contribution is -0.384. The minimum absolute atomic E-state index is 0.0105. The van der Waals surface area contributed by atoms with Crippen LogP contribution in [0.3, 0.4) is 0 Å². The van der Waals surface area contributed by atoms with Crippen LogP contribution in [0.1, 0.15) is 20.7 Å². The number of carbonyl (C=O) groups is 2. The molecule has 11 heteroatoms. The molecular formula is C15H9ClIN3O5S. The van der Waals surface area contributed by atoms with Crippen LogP contribution in [0.5, 0.6) is 0 Å². The third kappa shape index (κ3) is 4.86. The second-order valence-electron chi connectivity index (χ2n) is 4.82. The number of nitrogens with zero attached hydrogens (tertiary/aromatic N) is 1. The zero-order valence-electron chi connectivity index (χ0n) is 12.7. The molecule has 2 aromatic carbocycles. The van der Waals surface area contributed by atoms with E-state index in [-0.39, 0.29) is 32.6 Å². The first kappa shape index (κ1) is 20.0. The third-order valence-electron chi connectivity index (χ3n) is 3.09. The molecule has 3 N–H and O–H groups in total. The van der Waals surface area contributed by atoms with Gasteiger partial charge in [0.05, 0.1) is 26.8 Å². The summed E-state index contributed by atoms with van der Waals surface area (Å²) in [6.45, 7) is 0. The zero-order chi connectivity index (χ0) is 19.4. The average Bonchev–Trinajstić information content (AvgIpc) is 2.56. The number of benzene rings is 2. The number of nitro groups is 1. The Labute approximate surface area is 170 Å². The predicted octanol–water partition coefficient (Wildman–Crippen LogP) is 3.68. The molecule has 0 saturated carbocycles. The molecule has 0 aliphatic rings. The van der Waals surface area contributed by atoms with Gasteiger partial charge in [-0.15, -0.1) is 0 Å². The maximum atomic E-state index is 12.3. The van der Waals surface area contributed by atoms with Crippen LogP contribution in [-0.2, 0) is 0 Å². The van der Waals surface area contributed by atoms with Crippen molar-refractivity contribution < 1.29 is 19.6 Å². The summed E-state index contributed by atoms with van der Waals surface area (Å²) < 4.78 is 0.712. The Kier molecular flexibility index (Phi) is 6.45. The fourth-order valence-corrected chi connectivity index (χ4v) is 2.82. The molecular weight excluding hydrogens is 497 g/mol. The highest BCUT2D eigenvalue weighted by Crippen LogP contribution is 2.22. The van der Waals surface area contributed by atoms with Crippen LogP contribution in [0.4, 0.5) is 11.4 Å². The van der Waals surface area contributed by atoms with Crippen LogP contribution in [0.2, 0.25) is 5.02 Å². The number of hydrogen-bond donors (Lipinski definition) is 3. The molecule has 0 bridgehead atoms. The van der Waals surface area contributed by atoms with Crippen molar-refractivity contribution in [3.63, 3.8) is 0 Å². The van der Waals surface area contributed by atoms with E-state index < -0.39 is 16.8 Å². The average molecular weight is 506 g/mol. The van der Waals surface area contributed by atoms with Gasteiger partial charge in [-0.25, -0.2) is 4.79 Å². The first-order valence-electron chi connectivity index (χ1n) is 6.78. The maximum Gasteiger partial charge on any atom is 0.337 e. The standard InChI is InChI=1S/C15H9ClIN3O5S/c16-11-3-2-8(20(24)25)6-9(11)13(21)19-15(26)18-12-4-1-7(17)5-10(12)14(22)23/h1-6H,(H,22,23)(H2,18,19,21,26). The van der Waals surface area contributed by atoms with Gasteiger partial charge in [0.2, 0.25) is 0 Å². The van der Waals surface area contributed by atoms with Crippen molar-refractivity contribution in [2.45, 2.75) is 0 Å². The van der Waals surface area contributed by atoms with Gasteiger partial charge in [-0.2, -0.15) is 0 Å². The highest BCUT2D eigenvalue weighted by molar-refractivity contribution is 14.1. The molecule has 134 valence electrons. The fraction of sp³-hybridized carbons (Fsp3) is 0. The van der Waals surface area contributed by atoms with Crippen molar-refractivity contribution in [2.75, 3.05) is 5.32 Å². The van der Waals surface area contributed by atoms with E-state index in [4.69, 9.17) is 23.8 Å². The molecule has 0 radical (unpaired) electrons. The molecule has 0 heterocycles. The molecule has 1 amide bonds. The van der Waals surface area contributed by atoms with Gasteiger partial charge in [-0.05, 0) is 59.1 Å². The van der Waals surface area contributed by atoms with Gasteiger partial charge >= 0.3 is 5.97 Å². The van der Waals surface area contributed by atoms with Crippen LogP contribution in [-0.4, -0.2) is 27.0 Å². The van der Waals surface area contributed by atoms with E-state index in [0.29, 0.717) is 3.57 Å². The summed E-state index contributed by atoms with van der Waals surface area (Å²) in [4.78, 5) is 33.7. The van der Waals surface area contributed by atoms with E-state index in [1.165, 1.54) is 24.3 Å². The summed E-state index contributed by atoms with van der Waals surface area (Å²) >= 11 is 12.9. The summed E-state index contributed by atoms with van der Waals surface area (Å²) in [6, 6.07) is 8.02. The summed E-state index contributed by atoms with van der Waals surface area (Å²) in [5.74, 6) is -1.93. The maximum absolute atomic E-state index is 12.3. The number of amides is 1. The third-order valence-corrected chi connectivity index (χ3v) is 4.30. The Balaban J connectivity index is 2.19. The Bertz CT molecular complexity index is 937. The van der Waals surface area contributed by atoms with Crippen molar-refractivity contribution in [3.8, 4) is 0 Å². The first-order chi connectivity index (χ1) is 12.2. The van der Waals surface area contributed by atoms with E-state index in [9.17, 15) is 24.8 Å². The van der Waals surface area contributed by atoms with Crippen LogP contribution in [0.15, 0.2) is 36.4 Å². The van der Waals surface area contributed by atoms with Gasteiger partial charge in [-0.1, -0.05) is 11.6 Å². The zero-order valence-corrected chi connectivity index (χ0v) is 16.4. The minimum atomic E-state index is -1.16. The molecule has 0 spiro atoms. The molecule has 0 saturated heterocycles. The summed E-state index contributed by atoms with van der Waals surface area (Å²) in [7, 11) is 0. The van der Waals surface area contributed by atoms with Crippen molar-refractivity contribution >= 4 is 74.8 Å². The largest absolute Gasteiger partial charge is 0.478 e. The molecule has 0 aliphatic heterocycles. The molecule has 26 heavy (non-hydrogen) atoms. The number of carboxylic acid groups (broad SMARTS) is 1. The first-order valence-corrected chi connectivity index (χ1v) is 8.64. The normalized spacial score (nSPS) is 10.1.